The predicted molar refractivity (Wildman–Crippen MR) is 59.8 cm³/mol. The van der Waals surface area contributed by atoms with Gasteiger partial charge >= 0.3 is 6.18 Å². The molecule has 8 heteroatoms. The molecule has 0 aliphatic heterocycles. The second kappa shape index (κ2) is 9.48. The van der Waals surface area contributed by atoms with Gasteiger partial charge in [0.2, 0.25) is 0 Å². The first-order chi connectivity index (χ1) is 7.99. The SMILES string of the molecule is N#Cc1ccc(N[C-]=O)cc1C(F)(F)F.[CH2-]Br.[Y]. The molecule has 0 heterocycles. The fraction of sp³-hybridized carbons (Fsp3) is 0.100. The van der Waals surface area contributed by atoms with Crippen molar-refractivity contribution in [2.75, 3.05) is 5.32 Å². The van der Waals surface area contributed by atoms with Crippen molar-refractivity contribution in [2.45, 2.75) is 6.18 Å². The first-order valence-electron chi connectivity index (χ1n) is 4.00. The minimum absolute atomic E-state index is 0. The number of carbonyl (C=O) groups excluding carboxylic acids is 1. The predicted octanol–water partition coefficient (Wildman–Crippen LogP) is 3.23. The number of nitriles is 1. The monoisotopic (exact) mass is 395 g/mol. The topological polar surface area (TPSA) is 52.9 Å². The molecule has 18 heavy (non-hydrogen) atoms. The standard InChI is InChI=1S/C9H4F3N2O.CH2Br.Y/c10-9(11,12)8-3-7(14-5-15)2-1-6(8)4-13;1-2;/h1-3H,(H,14,15);1H2;/q2*-1;. The first kappa shape index (κ1) is 19.9. The van der Waals surface area contributed by atoms with Gasteiger partial charge in [-0.1, -0.05) is 6.07 Å². The van der Waals surface area contributed by atoms with Crippen molar-refractivity contribution in [1.29, 1.82) is 5.26 Å². The van der Waals surface area contributed by atoms with Gasteiger partial charge in [-0.15, -0.1) is 17.8 Å². The molecule has 0 spiro atoms. The van der Waals surface area contributed by atoms with Gasteiger partial charge in [-0.05, 0) is 0 Å². The molecular formula is C10H6BrF3N2OY-2. The first-order valence-corrected chi connectivity index (χ1v) is 5.12. The summed E-state index contributed by atoms with van der Waals surface area (Å²) < 4.78 is 37.1. The zero-order chi connectivity index (χ0) is 13.5. The van der Waals surface area contributed by atoms with Gasteiger partial charge in [-0.25, -0.2) is 0 Å². The Bertz CT molecular complexity index is 432. The van der Waals surface area contributed by atoms with E-state index in [2.05, 4.69) is 21.8 Å². The summed E-state index contributed by atoms with van der Waals surface area (Å²) in [6, 6.07) is 4.29. The van der Waals surface area contributed by atoms with Gasteiger partial charge in [0.15, 0.2) is 0 Å². The summed E-state index contributed by atoms with van der Waals surface area (Å²) in [7, 11) is 0. The van der Waals surface area contributed by atoms with Crippen LogP contribution in [0.3, 0.4) is 0 Å². The molecule has 0 unspecified atom stereocenters. The molecule has 0 atom stereocenters. The Morgan fingerprint density at radius 2 is 1.94 bits per heavy atom. The van der Waals surface area contributed by atoms with Crippen LogP contribution < -0.4 is 5.32 Å². The van der Waals surface area contributed by atoms with Crippen LogP contribution in [0.5, 0.6) is 0 Å². The number of nitrogens with zero attached hydrogens (tertiary/aromatic N) is 1. The molecule has 1 N–H and O–H groups in total. The van der Waals surface area contributed by atoms with E-state index in [0.717, 1.165) is 6.07 Å². The van der Waals surface area contributed by atoms with Crippen LogP contribution in [-0.2, 0) is 43.7 Å². The average Bonchev–Trinajstić information content (AvgIpc) is 2.31. The van der Waals surface area contributed by atoms with Crippen molar-refractivity contribution in [3.63, 3.8) is 0 Å². The molecular weight excluding hydrogens is 390 g/mol. The van der Waals surface area contributed by atoms with Crippen molar-refractivity contribution in [1.82, 2.24) is 0 Å². The van der Waals surface area contributed by atoms with Crippen molar-refractivity contribution in [3.8, 4) is 6.07 Å². The van der Waals surface area contributed by atoms with Crippen LogP contribution in [0.25, 0.3) is 0 Å². The Hall–Kier alpha value is -0.446. The van der Waals surface area contributed by atoms with E-state index in [1.165, 1.54) is 18.5 Å². The summed E-state index contributed by atoms with van der Waals surface area (Å²) in [5.74, 6) is 3.06. The normalized spacial score (nSPS) is 9.11. The minimum Gasteiger partial charge on any atom is -0.490 e. The molecule has 0 saturated heterocycles. The number of halogens is 4. The summed E-state index contributed by atoms with van der Waals surface area (Å²) in [5.41, 5.74) is -1.62. The second-order valence-corrected chi connectivity index (χ2v) is 2.60. The molecule has 0 fully saturated rings. The van der Waals surface area contributed by atoms with Crippen molar-refractivity contribution < 1.29 is 50.7 Å². The van der Waals surface area contributed by atoms with Gasteiger partial charge in [-0.2, -0.15) is 18.4 Å². The molecule has 1 aromatic rings. The maximum absolute atomic E-state index is 12.4. The third kappa shape index (κ3) is 5.94. The van der Waals surface area contributed by atoms with Crippen LogP contribution in [0, 0.1) is 17.2 Å². The van der Waals surface area contributed by atoms with E-state index in [0.29, 0.717) is 6.07 Å². The van der Waals surface area contributed by atoms with Crippen LogP contribution in [0.1, 0.15) is 11.1 Å². The summed E-state index contributed by atoms with van der Waals surface area (Å²) in [6.45, 7) is 0. The largest absolute Gasteiger partial charge is 0.490 e. The Morgan fingerprint density at radius 1 is 1.39 bits per heavy atom. The molecule has 0 aliphatic rings. The van der Waals surface area contributed by atoms with Crippen LogP contribution in [0.4, 0.5) is 18.9 Å². The van der Waals surface area contributed by atoms with E-state index in [1.807, 2.05) is 5.32 Å². The van der Waals surface area contributed by atoms with Crippen LogP contribution >= 0.6 is 15.9 Å². The minimum atomic E-state index is -4.62. The van der Waals surface area contributed by atoms with Gasteiger partial charge in [0, 0.05) is 32.7 Å². The number of rotatable bonds is 2. The quantitative estimate of drug-likeness (QED) is 0.617. The Morgan fingerprint density at radius 3 is 2.33 bits per heavy atom. The number of alkyl halides is 3. The van der Waals surface area contributed by atoms with Gasteiger partial charge in [0.1, 0.15) is 0 Å². The molecule has 1 aromatic carbocycles. The summed E-state index contributed by atoms with van der Waals surface area (Å²) in [6.07, 6.45) is -3.37. The maximum Gasteiger partial charge on any atom is 0.416 e. The van der Waals surface area contributed by atoms with E-state index < -0.39 is 17.3 Å². The number of benzene rings is 1. The van der Waals surface area contributed by atoms with Crippen molar-refractivity contribution >= 4 is 28.0 Å². The van der Waals surface area contributed by atoms with Crippen LogP contribution in [0.15, 0.2) is 18.2 Å². The molecule has 0 bridgehead atoms. The van der Waals surface area contributed by atoms with E-state index in [-0.39, 0.29) is 38.4 Å². The van der Waals surface area contributed by atoms with Crippen LogP contribution in [0.2, 0.25) is 0 Å². The number of hydrogen-bond donors (Lipinski definition) is 1. The zero-order valence-electron chi connectivity index (χ0n) is 8.88. The van der Waals surface area contributed by atoms with E-state index in [9.17, 15) is 18.0 Å². The van der Waals surface area contributed by atoms with Gasteiger partial charge in [-0.3, -0.25) is 5.83 Å². The van der Waals surface area contributed by atoms with E-state index >= 15 is 0 Å². The maximum atomic E-state index is 12.4. The number of hydrogen-bond acceptors (Lipinski definition) is 2. The fourth-order valence-corrected chi connectivity index (χ4v) is 1.01. The Balaban J connectivity index is 0. The number of anilines is 1. The van der Waals surface area contributed by atoms with Gasteiger partial charge < -0.3 is 26.0 Å². The summed E-state index contributed by atoms with van der Waals surface area (Å²) >= 11 is 2.69. The van der Waals surface area contributed by atoms with Crippen LogP contribution in [-0.4, -0.2) is 6.41 Å². The molecule has 1 amide bonds. The Labute approximate surface area is 136 Å². The molecule has 0 aliphatic carbocycles. The van der Waals surface area contributed by atoms with E-state index in [4.69, 9.17) is 5.26 Å². The zero-order valence-corrected chi connectivity index (χ0v) is 13.3. The van der Waals surface area contributed by atoms with E-state index in [1.54, 1.807) is 0 Å². The summed E-state index contributed by atoms with van der Waals surface area (Å²) in [5, 5.41) is 10.4. The third-order valence-electron chi connectivity index (χ3n) is 1.64. The smallest absolute Gasteiger partial charge is 0.416 e. The molecule has 1 rings (SSSR count). The third-order valence-corrected chi connectivity index (χ3v) is 1.64. The fourth-order valence-electron chi connectivity index (χ4n) is 1.01. The van der Waals surface area contributed by atoms with Gasteiger partial charge in [0.25, 0.3) is 0 Å². The molecule has 0 saturated carbocycles. The Kier molecular flexibility index (Phi) is 10.5. The number of amides is 1. The number of nitrogens with one attached hydrogen (secondary N) is 1. The average molecular weight is 396 g/mol. The second-order valence-electron chi connectivity index (χ2n) is 2.60. The van der Waals surface area contributed by atoms with Crippen molar-refractivity contribution in [3.05, 3.63) is 35.2 Å². The molecule has 95 valence electrons. The summed E-state index contributed by atoms with van der Waals surface area (Å²) in [4.78, 5) is 9.91. The molecule has 3 nitrogen and oxygen atoms in total. The molecule has 0 aromatic heterocycles. The molecule has 1 radical (unpaired) electrons. The van der Waals surface area contributed by atoms with Gasteiger partial charge in [0.05, 0.1) is 23.6 Å². The van der Waals surface area contributed by atoms with Crippen molar-refractivity contribution in [2.24, 2.45) is 0 Å².